The standard InChI is InChI=1S/C15H24N2O2/c1-3-4-10-17(11-12-18)13(2)15(19)16-14-8-6-5-7-9-14/h5-9,13,18H,3-4,10-12H2,1-2H3,(H,16,19). The average molecular weight is 264 g/mol. The second-order valence-corrected chi connectivity index (χ2v) is 4.64. The van der Waals surface area contributed by atoms with E-state index in [2.05, 4.69) is 12.2 Å². The summed E-state index contributed by atoms with van der Waals surface area (Å²) in [6.45, 7) is 5.44. The average Bonchev–Trinajstić information content (AvgIpc) is 2.43. The summed E-state index contributed by atoms with van der Waals surface area (Å²) in [6, 6.07) is 9.20. The lowest BCUT2D eigenvalue weighted by atomic mass is 10.2. The molecule has 1 aromatic rings. The van der Waals surface area contributed by atoms with E-state index in [-0.39, 0.29) is 18.6 Å². The van der Waals surface area contributed by atoms with Gasteiger partial charge in [0.25, 0.3) is 0 Å². The molecular weight excluding hydrogens is 240 g/mol. The molecule has 1 unspecified atom stereocenters. The highest BCUT2D eigenvalue weighted by atomic mass is 16.3. The third-order valence-electron chi connectivity index (χ3n) is 3.15. The molecule has 0 saturated heterocycles. The first-order valence-corrected chi connectivity index (χ1v) is 6.89. The van der Waals surface area contributed by atoms with Crippen molar-refractivity contribution >= 4 is 11.6 Å². The summed E-state index contributed by atoms with van der Waals surface area (Å²) in [5.41, 5.74) is 0.804. The normalized spacial score (nSPS) is 12.4. The molecule has 0 heterocycles. The van der Waals surface area contributed by atoms with E-state index in [1.54, 1.807) is 0 Å². The zero-order valence-electron chi connectivity index (χ0n) is 11.8. The number of hydrogen-bond donors (Lipinski definition) is 2. The minimum absolute atomic E-state index is 0.0317. The summed E-state index contributed by atoms with van der Waals surface area (Å²) in [6.07, 6.45) is 2.11. The van der Waals surface area contributed by atoms with Gasteiger partial charge in [-0.2, -0.15) is 0 Å². The van der Waals surface area contributed by atoms with E-state index in [1.165, 1.54) is 0 Å². The van der Waals surface area contributed by atoms with Gasteiger partial charge in [0.2, 0.25) is 5.91 Å². The van der Waals surface area contributed by atoms with E-state index in [0.717, 1.165) is 25.1 Å². The number of amides is 1. The SMILES string of the molecule is CCCCN(CCO)C(C)C(=O)Nc1ccccc1. The van der Waals surface area contributed by atoms with Gasteiger partial charge in [0.15, 0.2) is 0 Å². The van der Waals surface area contributed by atoms with Crippen molar-refractivity contribution in [3.8, 4) is 0 Å². The number of hydrogen-bond acceptors (Lipinski definition) is 3. The van der Waals surface area contributed by atoms with E-state index in [4.69, 9.17) is 5.11 Å². The summed E-state index contributed by atoms with van der Waals surface area (Å²) in [5.74, 6) is -0.0317. The number of nitrogens with one attached hydrogen (secondary N) is 1. The molecule has 2 N–H and O–H groups in total. The van der Waals surface area contributed by atoms with Crippen LogP contribution in [0, 0.1) is 0 Å². The van der Waals surface area contributed by atoms with Crippen molar-refractivity contribution < 1.29 is 9.90 Å². The maximum Gasteiger partial charge on any atom is 0.241 e. The number of carbonyl (C=O) groups is 1. The second kappa shape index (κ2) is 8.67. The Morgan fingerprint density at radius 2 is 2.00 bits per heavy atom. The Morgan fingerprint density at radius 3 is 2.58 bits per heavy atom. The van der Waals surface area contributed by atoms with Crippen molar-refractivity contribution in [1.82, 2.24) is 4.90 Å². The van der Waals surface area contributed by atoms with E-state index in [1.807, 2.05) is 42.2 Å². The highest BCUT2D eigenvalue weighted by Gasteiger charge is 2.20. The molecule has 0 aliphatic heterocycles. The number of benzene rings is 1. The molecule has 0 radical (unpaired) electrons. The monoisotopic (exact) mass is 264 g/mol. The van der Waals surface area contributed by atoms with Crippen LogP contribution in [-0.2, 0) is 4.79 Å². The van der Waals surface area contributed by atoms with Crippen LogP contribution in [0.5, 0.6) is 0 Å². The van der Waals surface area contributed by atoms with Crippen molar-refractivity contribution in [1.29, 1.82) is 0 Å². The number of unbranched alkanes of at least 4 members (excludes halogenated alkanes) is 1. The number of nitrogens with zero attached hydrogens (tertiary/aromatic N) is 1. The first kappa shape index (κ1) is 15.7. The largest absolute Gasteiger partial charge is 0.395 e. The highest BCUT2D eigenvalue weighted by molar-refractivity contribution is 5.94. The van der Waals surface area contributed by atoms with Gasteiger partial charge >= 0.3 is 0 Å². The zero-order chi connectivity index (χ0) is 14.1. The van der Waals surface area contributed by atoms with Crippen molar-refractivity contribution in [2.75, 3.05) is 25.0 Å². The van der Waals surface area contributed by atoms with Gasteiger partial charge in [-0.05, 0) is 32.0 Å². The molecule has 1 amide bonds. The first-order chi connectivity index (χ1) is 9.19. The summed E-state index contributed by atoms with van der Waals surface area (Å²) in [7, 11) is 0. The Bertz CT molecular complexity index is 368. The molecule has 0 aromatic heterocycles. The topological polar surface area (TPSA) is 52.6 Å². The van der Waals surface area contributed by atoms with Gasteiger partial charge in [0.1, 0.15) is 0 Å². The summed E-state index contributed by atoms with van der Waals surface area (Å²) < 4.78 is 0. The molecule has 0 aliphatic rings. The van der Waals surface area contributed by atoms with Crippen LogP contribution in [0.1, 0.15) is 26.7 Å². The predicted molar refractivity (Wildman–Crippen MR) is 78.1 cm³/mol. The van der Waals surface area contributed by atoms with Crippen LogP contribution < -0.4 is 5.32 Å². The van der Waals surface area contributed by atoms with Gasteiger partial charge in [-0.25, -0.2) is 0 Å². The molecule has 0 bridgehead atoms. The molecule has 1 atom stereocenters. The Labute approximate surface area is 115 Å². The first-order valence-electron chi connectivity index (χ1n) is 6.89. The molecule has 0 fully saturated rings. The second-order valence-electron chi connectivity index (χ2n) is 4.64. The Balaban J connectivity index is 2.57. The lowest BCUT2D eigenvalue weighted by Gasteiger charge is -2.27. The third-order valence-corrected chi connectivity index (χ3v) is 3.15. The maximum absolute atomic E-state index is 12.2. The van der Waals surface area contributed by atoms with Gasteiger partial charge in [-0.3, -0.25) is 9.69 Å². The lowest BCUT2D eigenvalue weighted by molar-refractivity contribution is -0.120. The fraction of sp³-hybridized carbons (Fsp3) is 0.533. The van der Waals surface area contributed by atoms with E-state index >= 15 is 0 Å². The van der Waals surface area contributed by atoms with Crippen molar-refractivity contribution in [3.63, 3.8) is 0 Å². The molecule has 4 nitrogen and oxygen atoms in total. The van der Waals surface area contributed by atoms with Crippen LogP contribution >= 0.6 is 0 Å². The van der Waals surface area contributed by atoms with Gasteiger partial charge in [0, 0.05) is 12.2 Å². The van der Waals surface area contributed by atoms with Crippen LogP contribution in [0.2, 0.25) is 0 Å². The molecule has 1 rings (SSSR count). The summed E-state index contributed by atoms with van der Waals surface area (Å²) in [4.78, 5) is 14.2. The van der Waals surface area contributed by atoms with Gasteiger partial charge in [-0.15, -0.1) is 0 Å². The van der Waals surface area contributed by atoms with Crippen molar-refractivity contribution in [3.05, 3.63) is 30.3 Å². The lowest BCUT2D eigenvalue weighted by Crippen LogP contribution is -2.43. The smallest absolute Gasteiger partial charge is 0.241 e. The third kappa shape index (κ3) is 5.41. The molecule has 19 heavy (non-hydrogen) atoms. The van der Waals surface area contributed by atoms with Crippen molar-refractivity contribution in [2.24, 2.45) is 0 Å². The fourth-order valence-electron chi connectivity index (χ4n) is 1.92. The minimum Gasteiger partial charge on any atom is -0.395 e. The zero-order valence-corrected chi connectivity index (χ0v) is 11.8. The fourth-order valence-corrected chi connectivity index (χ4v) is 1.92. The Kier molecular flexibility index (Phi) is 7.15. The maximum atomic E-state index is 12.2. The number of rotatable bonds is 8. The number of carbonyl (C=O) groups excluding carboxylic acids is 1. The number of anilines is 1. The Hall–Kier alpha value is -1.39. The minimum atomic E-state index is -0.237. The number of para-hydroxylation sites is 1. The number of aliphatic hydroxyl groups excluding tert-OH is 1. The summed E-state index contributed by atoms with van der Waals surface area (Å²) >= 11 is 0. The van der Waals surface area contributed by atoms with Crippen LogP contribution in [0.15, 0.2) is 30.3 Å². The molecule has 0 saturated carbocycles. The molecule has 4 heteroatoms. The molecule has 106 valence electrons. The Morgan fingerprint density at radius 1 is 1.32 bits per heavy atom. The van der Waals surface area contributed by atoms with Crippen LogP contribution in [-0.4, -0.2) is 41.7 Å². The van der Waals surface area contributed by atoms with Gasteiger partial charge in [-0.1, -0.05) is 31.5 Å². The van der Waals surface area contributed by atoms with Crippen molar-refractivity contribution in [2.45, 2.75) is 32.7 Å². The van der Waals surface area contributed by atoms with Crippen LogP contribution in [0.4, 0.5) is 5.69 Å². The van der Waals surface area contributed by atoms with Gasteiger partial charge in [0.05, 0.1) is 12.6 Å². The van der Waals surface area contributed by atoms with E-state index in [9.17, 15) is 4.79 Å². The molecule has 1 aromatic carbocycles. The predicted octanol–water partition coefficient (Wildman–Crippen LogP) is 2.11. The quantitative estimate of drug-likeness (QED) is 0.756. The molecule has 0 spiro atoms. The molecule has 0 aliphatic carbocycles. The van der Waals surface area contributed by atoms with E-state index < -0.39 is 0 Å². The van der Waals surface area contributed by atoms with E-state index in [0.29, 0.717) is 6.54 Å². The summed E-state index contributed by atoms with van der Waals surface area (Å²) in [5, 5.41) is 12.0. The highest BCUT2D eigenvalue weighted by Crippen LogP contribution is 2.08. The van der Waals surface area contributed by atoms with Crippen LogP contribution in [0.3, 0.4) is 0 Å². The molecular formula is C15H24N2O2. The van der Waals surface area contributed by atoms with Gasteiger partial charge < -0.3 is 10.4 Å². The number of aliphatic hydroxyl groups is 1. The van der Waals surface area contributed by atoms with Crippen LogP contribution in [0.25, 0.3) is 0 Å².